The molecule has 0 aromatic carbocycles. The van der Waals surface area contributed by atoms with Gasteiger partial charge in [-0.05, 0) is 0 Å². The Morgan fingerprint density at radius 3 is 3.08 bits per heavy atom. The average Bonchev–Trinajstić information content (AvgIpc) is 2.58. The molecule has 2 rings (SSSR count). The maximum absolute atomic E-state index is 11.1. The normalized spacial score (nSPS) is 16.7. The van der Waals surface area contributed by atoms with E-state index < -0.39 is 0 Å². The van der Waals surface area contributed by atoms with Crippen LogP contribution in [0.3, 0.4) is 0 Å². The van der Waals surface area contributed by atoms with Crippen LogP contribution in [0.25, 0.3) is 0 Å². The molecule has 3 N–H and O–H groups in total. The second-order valence-electron chi connectivity index (χ2n) is 2.43. The van der Waals surface area contributed by atoms with Gasteiger partial charge >= 0.3 is 6.03 Å². The first-order valence-corrected chi connectivity index (χ1v) is 4.36. The van der Waals surface area contributed by atoms with E-state index in [0.29, 0.717) is 23.2 Å². The SMILES string of the molecule is Nc1cnc(N2CCNC2=O)s1. The molecular formula is C6H8N4OS. The highest BCUT2D eigenvalue weighted by atomic mass is 32.1. The topological polar surface area (TPSA) is 71.2 Å². The van der Waals surface area contributed by atoms with Crippen LogP contribution in [0.4, 0.5) is 14.9 Å². The first-order valence-electron chi connectivity index (χ1n) is 3.54. The number of nitrogen functional groups attached to an aromatic ring is 1. The molecule has 1 aliphatic heterocycles. The molecule has 0 radical (unpaired) electrons. The Bertz CT molecular complexity index is 310. The first kappa shape index (κ1) is 7.35. The van der Waals surface area contributed by atoms with Crippen molar-refractivity contribution in [1.29, 1.82) is 0 Å². The van der Waals surface area contributed by atoms with Gasteiger partial charge in [0.1, 0.15) is 5.00 Å². The number of carbonyl (C=O) groups excluding carboxylic acids is 1. The minimum atomic E-state index is -0.0932. The fourth-order valence-electron chi connectivity index (χ4n) is 1.06. The Morgan fingerprint density at radius 2 is 2.58 bits per heavy atom. The maximum atomic E-state index is 11.1. The third-order valence-electron chi connectivity index (χ3n) is 1.60. The van der Waals surface area contributed by atoms with Crippen LogP contribution < -0.4 is 16.0 Å². The van der Waals surface area contributed by atoms with Gasteiger partial charge < -0.3 is 11.1 Å². The Kier molecular flexibility index (Phi) is 1.61. The fraction of sp³-hybridized carbons (Fsp3) is 0.333. The van der Waals surface area contributed by atoms with E-state index in [1.54, 1.807) is 11.1 Å². The van der Waals surface area contributed by atoms with Crippen molar-refractivity contribution in [1.82, 2.24) is 10.3 Å². The van der Waals surface area contributed by atoms with Gasteiger partial charge in [-0.25, -0.2) is 9.78 Å². The van der Waals surface area contributed by atoms with E-state index in [1.807, 2.05) is 0 Å². The number of urea groups is 1. The largest absolute Gasteiger partial charge is 0.389 e. The standard InChI is InChI=1S/C6H8N4OS/c7-4-3-9-6(12-4)10-2-1-8-5(10)11/h3H,1-2,7H2,(H,8,11). The highest BCUT2D eigenvalue weighted by Gasteiger charge is 2.23. The smallest absolute Gasteiger partial charge is 0.323 e. The molecule has 1 aromatic heterocycles. The molecule has 0 bridgehead atoms. The predicted octanol–water partition coefficient (Wildman–Crippen LogP) is 0.255. The molecule has 1 fully saturated rings. The summed E-state index contributed by atoms with van der Waals surface area (Å²) in [4.78, 5) is 16.7. The lowest BCUT2D eigenvalue weighted by atomic mass is 10.6. The quantitative estimate of drug-likeness (QED) is 0.657. The van der Waals surface area contributed by atoms with Gasteiger partial charge in [0.2, 0.25) is 0 Å². The molecule has 0 spiro atoms. The monoisotopic (exact) mass is 184 g/mol. The summed E-state index contributed by atoms with van der Waals surface area (Å²) in [6.07, 6.45) is 1.56. The molecule has 64 valence electrons. The first-order chi connectivity index (χ1) is 5.77. The maximum Gasteiger partial charge on any atom is 0.323 e. The van der Waals surface area contributed by atoms with E-state index >= 15 is 0 Å². The number of anilines is 2. The molecule has 0 aliphatic carbocycles. The lowest BCUT2D eigenvalue weighted by Crippen LogP contribution is -2.27. The lowest BCUT2D eigenvalue weighted by molar-refractivity contribution is 0.252. The number of hydrogen-bond donors (Lipinski definition) is 2. The van der Waals surface area contributed by atoms with Crippen molar-refractivity contribution in [3.63, 3.8) is 0 Å². The molecule has 1 aliphatic rings. The highest BCUT2D eigenvalue weighted by molar-refractivity contribution is 7.19. The molecule has 0 unspecified atom stereocenters. The van der Waals surface area contributed by atoms with E-state index in [9.17, 15) is 4.79 Å². The fourth-order valence-corrected chi connectivity index (χ4v) is 1.76. The van der Waals surface area contributed by atoms with Crippen molar-refractivity contribution in [2.75, 3.05) is 23.7 Å². The molecule has 2 heterocycles. The molecule has 12 heavy (non-hydrogen) atoms. The molecule has 0 saturated carbocycles. The number of nitrogens with two attached hydrogens (primary N) is 1. The zero-order chi connectivity index (χ0) is 8.55. The van der Waals surface area contributed by atoms with Crippen molar-refractivity contribution in [3.8, 4) is 0 Å². The summed E-state index contributed by atoms with van der Waals surface area (Å²) in [5.74, 6) is 0. The van der Waals surface area contributed by atoms with Crippen LogP contribution in [0, 0.1) is 0 Å². The van der Waals surface area contributed by atoms with Gasteiger partial charge in [-0.1, -0.05) is 11.3 Å². The van der Waals surface area contributed by atoms with Crippen molar-refractivity contribution in [3.05, 3.63) is 6.20 Å². The number of thiazole rings is 1. The number of rotatable bonds is 1. The predicted molar refractivity (Wildman–Crippen MR) is 47.3 cm³/mol. The third-order valence-corrected chi connectivity index (χ3v) is 2.45. The van der Waals surface area contributed by atoms with Crippen LogP contribution >= 0.6 is 11.3 Å². The number of carbonyl (C=O) groups is 1. The van der Waals surface area contributed by atoms with Crippen molar-refractivity contribution in [2.24, 2.45) is 0 Å². The minimum Gasteiger partial charge on any atom is -0.389 e. The van der Waals surface area contributed by atoms with E-state index in [4.69, 9.17) is 5.73 Å². The van der Waals surface area contributed by atoms with Crippen molar-refractivity contribution < 1.29 is 4.79 Å². The Labute approximate surface area is 73.2 Å². The Hall–Kier alpha value is -1.30. The molecule has 1 aromatic rings. The number of nitrogens with one attached hydrogen (secondary N) is 1. The van der Waals surface area contributed by atoms with Crippen LogP contribution in [0.15, 0.2) is 6.20 Å². The molecule has 1 saturated heterocycles. The van der Waals surface area contributed by atoms with E-state index in [2.05, 4.69) is 10.3 Å². The van der Waals surface area contributed by atoms with Gasteiger partial charge in [-0.3, -0.25) is 4.90 Å². The van der Waals surface area contributed by atoms with Crippen molar-refractivity contribution in [2.45, 2.75) is 0 Å². The van der Waals surface area contributed by atoms with Crippen molar-refractivity contribution >= 4 is 27.5 Å². The Morgan fingerprint density at radius 1 is 1.75 bits per heavy atom. The molecular weight excluding hydrogens is 176 g/mol. The van der Waals surface area contributed by atoms with Crippen LogP contribution in [0.2, 0.25) is 0 Å². The number of hydrogen-bond acceptors (Lipinski definition) is 4. The van der Waals surface area contributed by atoms with Gasteiger partial charge in [-0.15, -0.1) is 0 Å². The minimum absolute atomic E-state index is 0.0932. The average molecular weight is 184 g/mol. The molecule has 5 nitrogen and oxygen atoms in total. The zero-order valence-corrected chi connectivity index (χ0v) is 7.10. The summed E-state index contributed by atoms with van der Waals surface area (Å²) in [6, 6.07) is -0.0932. The van der Waals surface area contributed by atoms with Crippen LogP contribution in [-0.2, 0) is 0 Å². The third kappa shape index (κ3) is 1.10. The number of amides is 2. The zero-order valence-electron chi connectivity index (χ0n) is 6.28. The van der Waals surface area contributed by atoms with Crippen LogP contribution in [-0.4, -0.2) is 24.1 Å². The summed E-state index contributed by atoms with van der Waals surface area (Å²) >= 11 is 1.32. The molecule has 2 amide bonds. The second kappa shape index (κ2) is 2.63. The van der Waals surface area contributed by atoms with E-state index in [-0.39, 0.29) is 6.03 Å². The lowest BCUT2D eigenvalue weighted by Gasteiger charge is -2.07. The van der Waals surface area contributed by atoms with Gasteiger partial charge in [0.15, 0.2) is 5.13 Å². The summed E-state index contributed by atoms with van der Waals surface area (Å²) in [7, 11) is 0. The van der Waals surface area contributed by atoms with E-state index in [0.717, 1.165) is 0 Å². The van der Waals surface area contributed by atoms with Gasteiger partial charge in [-0.2, -0.15) is 0 Å². The molecule has 0 atom stereocenters. The Balaban J connectivity index is 2.24. The van der Waals surface area contributed by atoms with Crippen LogP contribution in [0.5, 0.6) is 0 Å². The van der Waals surface area contributed by atoms with Gasteiger partial charge in [0.25, 0.3) is 0 Å². The highest BCUT2D eigenvalue weighted by Crippen LogP contribution is 2.24. The summed E-state index contributed by atoms with van der Waals surface area (Å²) in [6.45, 7) is 1.35. The van der Waals surface area contributed by atoms with E-state index in [1.165, 1.54) is 11.3 Å². The number of aromatic nitrogens is 1. The second-order valence-corrected chi connectivity index (χ2v) is 3.47. The van der Waals surface area contributed by atoms with Crippen LogP contribution in [0.1, 0.15) is 0 Å². The van der Waals surface area contributed by atoms with Gasteiger partial charge in [0.05, 0.1) is 6.20 Å². The summed E-state index contributed by atoms with van der Waals surface area (Å²) in [5, 5.41) is 3.99. The number of nitrogens with zero attached hydrogens (tertiary/aromatic N) is 2. The summed E-state index contributed by atoms with van der Waals surface area (Å²) < 4.78 is 0. The van der Waals surface area contributed by atoms with Gasteiger partial charge in [0, 0.05) is 13.1 Å². The summed E-state index contributed by atoms with van der Waals surface area (Å²) in [5.41, 5.74) is 5.49. The molecule has 6 heteroatoms.